The number of rotatable bonds is 5. The monoisotopic (exact) mass is 298 g/mol. The summed E-state index contributed by atoms with van der Waals surface area (Å²) in [7, 11) is 1.64. The van der Waals surface area contributed by atoms with E-state index in [-0.39, 0.29) is 24.5 Å². The largest absolute Gasteiger partial charge is 0.368 e. The third-order valence-corrected chi connectivity index (χ3v) is 4.10. The van der Waals surface area contributed by atoms with Gasteiger partial charge in [0.25, 0.3) is 0 Å². The van der Waals surface area contributed by atoms with Crippen LogP contribution in [0.5, 0.6) is 0 Å². The minimum absolute atomic E-state index is 0.0176. The van der Waals surface area contributed by atoms with Gasteiger partial charge < -0.3 is 20.3 Å². The number of likely N-dealkylation sites (N-methyl/N-ethyl adjacent to an activating group) is 1. The van der Waals surface area contributed by atoms with E-state index in [1.807, 2.05) is 4.90 Å². The molecule has 0 atom stereocenters. The normalized spacial score (nSPS) is 21.3. The smallest absolute Gasteiger partial charge is 0.248 e. The van der Waals surface area contributed by atoms with Crippen molar-refractivity contribution in [1.29, 1.82) is 0 Å². The van der Waals surface area contributed by atoms with Gasteiger partial charge >= 0.3 is 0 Å². The molecule has 2 heterocycles. The van der Waals surface area contributed by atoms with Gasteiger partial charge in [-0.15, -0.1) is 0 Å². The van der Waals surface area contributed by atoms with Crippen molar-refractivity contribution in [3.8, 4) is 0 Å². The Labute approximate surface area is 126 Å². The third kappa shape index (κ3) is 5.26. The van der Waals surface area contributed by atoms with Crippen LogP contribution in [0.15, 0.2) is 0 Å². The van der Waals surface area contributed by atoms with Crippen LogP contribution in [0.25, 0.3) is 0 Å². The van der Waals surface area contributed by atoms with Crippen LogP contribution >= 0.6 is 0 Å². The predicted molar refractivity (Wildman–Crippen MR) is 78.9 cm³/mol. The Morgan fingerprint density at radius 1 is 1.19 bits per heavy atom. The van der Waals surface area contributed by atoms with Crippen molar-refractivity contribution >= 4 is 11.8 Å². The summed E-state index contributed by atoms with van der Waals surface area (Å²) in [6.45, 7) is 5.36. The lowest BCUT2D eigenvalue weighted by Crippen LogP contribution is -2.51. The number of piperazine rings is 1. The minimum Gasteiger partial charge on any atom is -0.368 e. The number of ether oxygens (including phenoxy) is 1. The summed E-state index contributed by atoms with van der Waals surface area (Å²) >= 11 is 0. The van der Waals surface area contributed by atoms with Crippen LogP contribution < -0.4 is 10.6 Å². The molecule has 0 bridgehead atoms. The van der Waals surface area contributed by atoms with Gasteiger partial charge in [0.2, 0.25) is 11.8 Å². The van der Waals surface area contributed by atoms with Gasteiger partial charge in [0.1, 0.15) is 6.61 Å². The third-order valence-electron chi connectivity index (χ3n) is 4.10. The Kier molecular flexibility index (Phi) is 6.41. The van der Waals surface area contributed by atoms with E-state index in [4.69, 9.17) is 4.74 Å². The quantitative estimate of drug-likeness (QED) is 0.656. The summed E-state index contributed by atoms with van der Waals surface area (Å²) in [5, 5.41) is 5.89. The number of hydrogen-bond acceptors (Lipinski definition) is 5. The van der Waals surface area contributed by atoms with Crippen molar-refractivity contribution in [3.63, 3.8) is 0 Å². The van der Waals surface area contributed by atoms with Crippen LogP contribution in [0, 0.1) is 0 Å². The molecule has 0 saturated carbocycles. The van der Waals surface area contributed by atoms with E-state index < -0.39 is 0 Å². The summed E-state index contributed by atoms with van der Waals surface area (Å²) in [6, 6.07) is 0. The number of nitrogens with one attached hydrogen (secondary N) is 2. The molecule has 2 fully saturated rings. The summed E-state index contributed by atoms with van der Waals surface area (Å²) in [6.07, 6.45) is 2.17. The van der Waals surface area contributed by atoms with Crippen LogP contribution in [0.4, 0.5) is 0 Å². The Bertz CT molecular complexity index is 350. The highest BCUT2D eigenvalue weighted by molar-refractivity contribution is 5.78. The summed E-state index contributed by atoms with van der Waals surface area (Å²) < 4.78 is 5.70. The van der Waals surface area contributed by atoms with E-state index in [1.54, 1.807) is 7.05 Å². The average Bonchev–Trinajstić information content (AvgIpc) is 2.54. The van der Waals surface area contributed by atoms with Crippen molar-refractivity contribution in [2.24, 2.45) is 0 Å². The van der Waals surface area contributed by atoms with E-state index in [0.29, 0.717) is 19.6 Å². The lowest BCUT2D eigenvalue weighted by Gasteiger charge is -2.34. The van der Waals surface area contributed by atoms with E-state index in [2.05, 4.69) is 15.5 Å². The molecule has 7 nitrogen and oxygen atoms in total. The van der Waals surface area contributed by atoms with Gasteiger partial charge in [-0.2, -0.15) is 0 Å². The summed E-state index contributed by atoms with van der Waals surface area (Å²) in [5.41, 5.74) is 0. The molecule has 0 spiro atoms. The Morgan fingerprint density at radius 2 is 1.86 bits per heavy atom. The first-order valence-corrected chi connectivity index (χ1v) is 7.72. The number of piperidine rings is 1. The maximum absolute atomic E-state index is 12.1. The molecule has 21 heavy (non-hydrogen) atoms. The molecule has 2 N–H and O–H groups in total. The van der Waals surface area contributed by atoms with Crippen LogP contribution in [0.2, 0.25) is 0 Å². The fraction of sp³-hybridized carbons (Fsp3) is 0.857. The van der Waals surface area contributed by atoms with Gasteiger partial charge in [-0.3, -0.25) is 14.5 Å². The first-order valence-electron chi connectivity index (χ1n) is 7.72. The molecule has 7 heteroatoms. The fourth-order valence-corrected chi connectivity index (χ4v) is 2.68. The number of carbonyl (C=O) groups is 2. The molecule has 0 aromatic rings. The van der Waals surface area contributed by atoms with E-state index in [1.165, 1.54) is 0 Å². The van der Waals surface area contributed by atoms with Gasteiger partial charge in [0, 0.05) is 33.2 Å². The molecule has 0 radical (unpaired) electrons. The van der Waals surface area contributed by atoms with E-state index in [9.17, 15) is 9.59 Å². The van der Waals surface area contributed by atoms with Gasteiger partial charge in [0.05, 0.1) is 12.6 Å². The molecule has 2 amide bonds. The highest BCUT2D eigenvalue weighted by atomic mass is 16.5. The lowest BCUT2D eigenvalue weighted by molar-refractivity contribution is -0.140. The zero-order valence-electron chi connectivity index (χ0n) is 12.8. The number of hydrogen-bond donors (Lipinski definition) is 2. The second-order valence-corrected chi connectivity index (χ2v) is 5.59. The molecular weight excluding hydrogens is 272 g/mol. The van der Waals surface area contributed by atoms with Crippen molar-refractivity contribution in [1.82, 2.24) is 20.4 Å². The first kappa shape index (κ1) is 16.2. The molecule has 0 unspecified atom stereocenters. The highest BCUT2D eigenvalue weighted by Gasteiger charge is 2.23. The van der Waals surface area contributed by atoms with Gasteiger partial charge in [-0.05, 0) is 25.9 Å². The van der Waals surface area contributed by atoms with Gasteiger partial charge in [-0.25, -0.2) is 0 Å². The zero-order valence-corrected chi connectivity index (χ0v) is 12.8. The zero-order chi connectivity index (χ0) is 15.1. The number of carbonyl (C=O) groups excluding carboxylic acids is 2. The lowest BCUT2D eigenvalue weighted by atomic mass is 10.1. The van der Waals surface area contributed by atoms with Crippen molar-refractivity contribution < 1.29 is 14.3 Å². The van der Waals surface area contributed by atoms with Crippen LogP contribution in [-0.4, -0.2) is 87.2 Å². The topological polar surface area (TPSA) is 73.9 Å². The molecule has 2 aliphatic heterocycles. The van der Waals surface area contributed by atoms with Crippen LogP contribution in [-0.2, 0) is 14.3 Å². The second kappa shape index (κ2) is 8.31. The maximum atomic E-state index is 12.1. The molecule has 0 aromatic heterocycles. The standard InChI is InChI=1S/C14H26N4O3/c1-15-13(19)10-17-6-8-18(9-7-17)14(20)11-21-12-2-4-16-5-3-12/h12,16H,2-11H2,1H3,(H,15,19). The molecule has 120 valence electrons. The summed E-state index contributed by atoms with van der Waals surface area (Å²) in [4.78, 5) is 27.3. The molecule has 0 aromatic carbocycles. The maximum Gasteiger partial charge on any atom is 0.248 e. The SMILES string of the molecule is CNC(=O)CN1CCN(C(=O)COC2CCNCC2)CC1. The van der Waals surface area contributed by atoms with Gasteiger partial charge in [0.15, 0.2) is 0 Å². The van der Waals surface area contributed by atoms with Crippen molar-refractivity contribution in [2.75, 3.05) is 59.5 Å². The second-order valence-electron chi connectivity index (χ2n) is 5.59. The highest BCUT2D eigenvalue weighted by Crippen LogP contribution is 2.08. The van der Waals surface area contributed by atoms with E-state index in [0.717, 1.165) is 39.0 Å². The van der Waals surface area contributed by atoms with Gasteiger partial charge in [-0.1, -0.05) is 0 Å². The number of amides is 2. The Hall–Kier alpha value is -1.18. The molecule has 2 saturated heterocycles. The fourth-order valence-electron chi connectivity index (χ4n) is 2.68. The molecule has 0 aliphatic carbocycles. The first-order chi connectivity index (χ1) is 10.2. The molecule has 2 rings (SSSR count). The van der Waals surface area contributed by atoms with E-state index >= 15 is 0 Å². The summed E-state index contributed by atoms with van der Waals surface area (Å²) in [5.74, 6) is 0.0807. The van der Waals surface area contributed by atoms with Crippen molar-refractivity contribution in [3.05, 3.63) is 0 Å². The Balaban J connectivity index is 1.64. The molecule has 2 aliphatic rings. The minimum atomic E-state index is 0.0176. The Morgan fingerprint density at radius 3 is 2.48 bits per heavy atom. The van der Waals surface area contributed by atoms with Crippen LogP contribution in [0.3, 0.4) is 0 Å². The van der Waals surface area contributed by atoms with Crippen molar-refractivity contribution in [2.45, 2.75) is 18.9 Å². The van der Waals surface area contributed by atoms with Crippen LogP contribution in [0.1, 0.15) is 12.8 Å². The molecular formula is C14H26N4O3. The number of nitrogens with zero attached hydrogens (tertiary/aromatic N) is 2. The predicted octanol–water partition coefficient (Wildman–Crippen LogP) is -1.35. The average molecular weight is 298 g/mol.